The number of ether oxygens (including phenoxy) is 3. The summed E-state index contributed by atoms with van der Waals surface area (Å²) >= 11 is 0. The molecule has 0 unspecified atom stereocenters. The zero-order valence-corrected chi connectivity index (χ0v) is 27.1. The number of hydrogen-bond acceptors (Lipinski definition) is 9. The third kappa shape index (κ3) is 6.68. The van der Waals surface area contributed by atoms with Crippen molar-refractivity contribution in [2.24, 2.45) is 4.99 Å². The lowest BCUT2D eigenvalue weighted by Gasteiger charge is -2.31. The van der Waals surface area contributed by atoms with Gasteiger partial charge in [-0.2, -0.15) is 4.98 Å². The largest absolute Gasteiger partial charge is 0.497 e. The third-order valence-electron chi connectivity index (χ3n) is 8.67. The van der Waals surface area contributed by atoms with Gasteiger partial charge in [0.25, 0.3) is 11.8 Å². The van der Waals surface area contributed by atoms with Crippen LogP contribution in [0.3, 0.4) is 0 Å². The fourth-order valence-electron chi connectivity index (χ4n) is 6.17. The van der Waals surface area contributed by atoms with Gasteiger partial charge in [-0.15, -0.1) is 0 Å². The van der Waals surface area contributed by atoms with Crippen LogP contribution in [0.2, 0.25) is 0 Å². The molecule has 0 saturated carbocycles. The number of rotatable bonds is 12. The van der Waals surface area contributed by atoms with Crippen molar-refractivity contribution in [2.45, 2.75) is 37.6 Å². The van der Waals surface area contributed by atoms with Crippen LogP contribution >= 0.6 is 0 Å². The van der Waals surface area contributed by atoms with Crippen LogP contribution in [-0.4, -0.2) is 57.8 Å². The Kier molecular flexibility index (Phi) is 9.21. The van der Waals surface area contributed by atoms with E-state index in [2.05, 4.69) is 10.1 Å². The molecule has 0 fully saturated rings. The Morgan fingerprint density at radius 2 is 1.67 bits per heavy atom. The van der Waals surface area contributed by atoms with E-state index in [-0.39, 0.29) is 19.1 Å². The third-order valence-corrected chi connectivity index (χ3v) is 8.67. The first-order chi connectivity index (χ1) is 24.1. The van der Waals surface area contributed by atoms with Crippen molar-refractivity contribution < 1.29 is 28.6 Å². The number of aromatic nitrogens is 2. The minimum atomic E-state index is -1.30. The van der Waals surface area contributed by atoms with Gasteiger partial charge in [-0.1, -0.05) is 71.9 Å². The van der Waals surface area contributed by atoms with Crippen molar-refractivity contribution >= 4 is 17.9 Å². The Hall–Kier alpha value is -5.74. The summed E-state index contributed by atoms with van der Waals surface area (Å²) in [5.41, 5.74) is 3.06. The maximum atomic E-state index is 15.0. The summed E-state index contributed by atoms with van der Waals surface area (Å²) in [4.78, 5) is 26.5. The van der Waals surface area contributed by atoms with Crippen LogP contribution in [0.4, 0.5) is 0 Å². The van der Waals surface area contributed by atoms with Crippen LogP contribution in [0.5, 0.6) is 11.5 Å². The van der Waals surface area contributed by atoms with Gasteiger partial charge in [-0.25, -0.2) is 4.99 Å². The van der Waals surface area contributed by atoms with Crippen LogP contribution in [0.25, 0.3) is 17.5 Å². The van der Waals surface area contributed by atoms with Gasteiger partial charge < -0.3 is 28.7 Å². The molecule has 1 N–H and O–H groups in total. The van der Waals surface area contributed by atoms with Crippen molar-refractivity contribution in [1.29, 1.82) is 0 Å². The maximum Gasteiger partial charge on any atom is 0.257 e. The molecule has 7 rings (SSSR count). The Labute approximate surface area is 284 Å². The smallest absolute Gasteiger partial charge is 0.257 e. The quantitative estimate of drug-likeness (QED) is 0.153. The molecule has 2 aliphatic heterocycles. The zero-order valence-electron chi connectivity index (χ0n) is 27.1. The highest BCUT2D eigenvalue weighted by Crippen LogP contribution is 2.47. The second kappa shape index (κ2) is 14.2. The summed E-state index contributed by atoms with van der Waals surface area (Å²) < 4.78 is 23.3. The lowest BCUT2D eigenvalue weighted by atomic mass is 9.84. The summed E-state index contributed by atoms with van der Waals surface area (Å²) in [6.45, 7) is 0.924. The summed E-state index contributed by atoms with van der Waals surface area (Å²) in [6.07, 6.45) is 4.18. The fraction of sp³-hybridized carbons (Fsp3) is 0.231. The molecule has 1 aromatic heterocycles. The molecule has 2 aliphatic rings. The number of aliphatic hydroxyl groups is 1. The Morgan fingerprint density at radius 1 is 0.939 bits per heavy atom. The molecule has 1 amide bonds. The molecule has 0 saturated heterocycles. The van der Waals surface area contributed by atoms with Gasteiger partial charge in [-0.05, 0) is 59.7 Å². The van der Waals surface area contributed by atoms with Crippen LogP contribution < -0.4 is 9.47 Å². The van der Waals surface area contributed by atoms with E-state index in [1.807, 2.05) is 115 Å². The van der Waals surface area contributed by atoms with Gasteiger partial charge in [0.1, 0.15) is 11.5 Å². The first-order valence-electron chi connectivity index (χ1n) is 16.2. The number of fused-ring (bicyclic) bond motifs is 3. The topological polar surface area (TPSA) is 120 Å². The van der Waals surface area contributed by atoms with Crippen LogP contribution in [-0.2, 0) is 22.6 Å². The van der Waals surface area contributed by atoms with E-state index in [1.165, 1.54) is 0 Å². The number of carbonyl (C=O) groups is 1. The fourth-order valence-corrected chi connectivity index (χ4v) is 6.17. The first-order valence-corrected chi connectivity index (χ1v) is 16.2. The van der Waals surface area contributed by atoms with Gasteiger partial charge in [0, 0.05) is 42.7 Å². The standard InChI is InChI=1S/C39H36N4O6/c1-46-31-18-14-28(15-19-31)36-40-34(42-49-36)26-43-25-30-12-5-6-13-33(30)35-39(38(43)45,22-7-11-27-9-3-2-4-10-27)41-37(48-35)29-16-20-32(21-17-29)47-24-8-23-44/h2-7,9-21,35,44H,8,22-26H2,1H3/b11-7+/t35-,39-/m1/s1. The van der Waals surface area contributed by atoms with Gasteiger partial charge >= 0.3 is 0 Å². The Bertz CT molecular complexity index is 1960. The van der Waals surface area contributed by atoms with Crippen molar-refractivity contribution in [2.75, 3.05) is 20.3 Å². The summed E-state index contributed by atoms with van der Waals surface area (Å²) in [5.74, 6) is 2.32. The minimum Gasteiger partial charge on any atom is -0.497 e. The van der Waals surface area contributed by atoms with Gasteiger partial charge in [0.2, 0.25) is 5.90 Å². The molecule has 4 aromatic carbocycles. The maximum absolute atomic E-state index is 15.0. The molecule has 5 aromatic rings. The Morgan fingerprint density at radius 3 is 2.45 bits per heavy atom. The highest BCUT2D eigenvalue weighted by molar-refractivity contribution is 6.01. The number of carbonyl (C=O) groups excluding carboxylic acids is 1. The molecule has 0 aliphatic carbocycles. The highest BCUT2D eigenvalue weighted by Gasteiger charge is 2.56. The van der Waals surface area contributed by atoms with E-state index in [4.69, 9.17) is 28.8 Å². The van der Waals surface area contributed by atoms with Gasteiger partial charge in [0.15, 0.2) is 17.5 Å². The number of amides is 1. The van der Waals surface area contributed by atoms with Gasteiger partial charge in [0.05, 0.1) is 20.3 Å². The summed E-state index contributed by atoms with van der Waals surface area (Å²) in [6, 6.07) is 32.7. The summed E-state index contributed by atoms with van der Waals surface area (Å²) in [7, 11) is 1.61. The Balaban J connectivity index is 1.25. The van der Waals surface area contributed by atoms with E-state index in [9.17, 15) is 4.79 Å². The first kappa shape index (κ1) is 31.8. The average molecular weight is 657 g/mol. The SMILES string of the molecule is COc1ccc(-c2nc(CN3Cc4ccccc4[C@H]4OC(c5ccc(OCCCO)cc5)=N[C@@]4(C/C=C/c4ccccc4)C3=O)no2)cc1. The van der Waals surface area contributed by atoms with E-state index in [0.29, 0.717) is 49.4 Å². The summed E-state index contributed by atoms with van der Waals surface area (Å²) in [5, 5.41) is 13.3. The van der Waals surface area contributed by atoms with Crippen LogP contribution in [0, 0.1) is 0 Å². The second-order valence-electron chi connectivity index (χ2n) is 11.9. The number of hydrogen-bond donors (Lipinski definition) is 1. The monoisotopic (exact) mass is 656 g/mol. The van der Waals surface area contributed by atoms with Crippen molar-refractivity contribution in [3.8, 4) is 23.0 Å². The normalized spacial score (nSPS) is 18.4. The zero-order chi connectivity index (χ0) is 33.6. The number of aliphatic imine (C=N–C) groups is 1. The molecule has 2 atom stereocenters. The molecular weight excluding hydrogens is 620 g/mol. The lowest BCUT2D eigenvalue weighted by molar-refractivity contribution is -0.140. The number of aliphatic hydroxyl groups excluding tert-OH is 1. The number of nitrogens with zero attached hydrogens (tertiary/aromatic N) is 4. The van der Waals surface area contributed by atoms with Crippen molar-refractivity contribution in [3.63, 3.8) is 0 Å². The van der Waals surface area contributed by atoms with Crippen LogP contribution in [0.15, 0.2) is 119 Å². The predicted octanol–water partition coefficient (Wildman–Crippen LogP) is 6.41. The van der Waals surface area contributed by atoms with Crippen LogP contribution in [0.1, 0.15) is 47.0 Å². The highest BCUT2D eigenvalue weighted by atomic mass is 16.5. The number of methoxy groups -OCH3 is 1. The molecule has 10 heteroatoms. The molecule has 0 bridgehead atoms. The molecule has 49 heavy (non-hydrogen) atoms. The molecule has 3 heterocycles. The lowest BCUT2D eigenvalue weighted by Crippen LogP contribution is -2.47. The van der Waals surface area contributed by atoms with Crippen molar-refractivity contribution in [3.05, 3.63) is 137 Å². The number of benzene rings is 4. The van der Waals surface area contributed by atoms with E-state index in [1.54, 1.807) is 12.0 Å². The van der Waals surface area contributed by atoms with Crippen molar-refractivity contribution in [1.82, 2.24) is 15.0 Å². The molecule has 10 nitrogen and oxygen atoms in total. The predicted molar refractivity (Wildman–Crippen MR) is 184 cm³/mol. The minimum absolute atomic E-state index is 0.0635. The molecule has 0 spiro atoms. The molecule has 248 valence electrons. The van der Waals surface area contributed by atoms with E-state index >= 15 is 0 Å². The molecular formula is C39H36N4O6. The second-order valence-corrected chi connectivity index (χ2v) is 11.9. The van der Waals surface area contributed by atoms with Gasteiger partial charge in [-0.3, -0.25) is 4.79 Å². The van der Waals surface area contributed by atoms with E-state index < -0.39 is 11.6 Å². The molecule has 0 radical (unpaired) electrons. The van der Waals surface area contributed by atoms with E-state index in [0.717, 1.165) is 33.6 Å². The average Bonchev–Trinajstić information content (AvgIpc) is 3.76.